The van der Waals surface area contributed by atoms with E-state index in [9.17, 15) is 9.59 Å². The molecule has 184 valence electrons. The summed E-state index contributed by atoms with van der Waals surface area (Å²) in [5, 5.41) is 0.298. The zero-order valence-electron chi connectivity index (χ0n) is 20.2. The van der Waals surface area contributed by atoms with E-state index in [1.54, 1.807) is 30.3 Å². The van der Waals surface area contributed by atoms with Gasteiger partial charge in [0, 0.05) is 12.1 Å². The maximum absolute atomic E-state index is 12.8. The summed E-state index contributed by atoms with van der Waals surface area (Å²) in [5.74, 6) is 1.55. The van der Waals surface area contributed by atoms with Crippen molar-refractivity contribution in [1.29, 1.82) is 0 Å². The molecule has 0 aliphatic carbocycles. The molecule has 1 aromatic heterocycles. The van der Waals surface area contributed by atoms with Crippen LogP contribution in [0.3, 0.4) is 0 Å². The molecule has 0 fully saturated rings. The Morgan fingerprint density at radius 2 is 1.50 bits per heavy atom. The number of methoxy groups -OCH3 is 3. The average Bonchev–Trinajstić information content (AvgIpc) is 2.89. The third kappa shape index (κ3) is 5.33. The van der Waals surface area contributed by atoms with E-state index in [0.29, 0.717) is 33.9 Å². The van der Waals surface area contributed by atoms with Crippen LogP contribution in [0.5, 0.6) is 34.5 Å². The Hall–Kier alpha value is -4.72. The Labute approximate surface area is 207 Å². The standard InChI is InChI=1S/C28H24O8/c1-17-5-8-19(9-6-17)35-25-16-34-22-15-20(10-11-21(22)27(25)30)36-26(29)12-7-18-13-23(31-2)28(33-4)24(14-18)32-3/h5-16H,1-4H3. The Kier molecular flexibility index (Phi) is 7.25. The zero-order chi connectivity index (χ0) is 25.7. The SMILES string of the molecule is COc1cc(C=CC(=O)Oc2ccc3c(=O)c(Oc4ccc(C)cc4)coc3c2)cc(OC)c1OC. The van der Waals surface area contributed by atoms with Gasteiger partial charge in [0.2, 0.25) is 16.9 Å². The van der Waals surface area contributed by atoms with Crippen LogP contribution in [0.15, 0.2) is 76.1 Å². The molecule has 0 saturated carbocycles. The molecule has 0 unspecified atom stereocenters. The van der Waals surface area contributed by atoms with Crippen LogP contribution in [-0.4, -0.2) is 27.3 Å². The lowest BCUT2D eigenvalue weighted by molar-refractivity contribution is -0.128. The Bertz CT molecular complexity index is 1460. The van der Waals surface area contributed by atoms with Crippen LogP contribution >= 0.6 is 0 Å². The van der Waals surface area contributed by atoms with Crippen LogP contribution in [0.2, 0.25) is 0 Å². The van der Waals surface area contributed by atoms with Crippen LogP contribution in [0.4, 0.5) is 0 Å². The summed E-state index contributed by atoms with van der Waals surface area (Å²) in [4.78, 5) is 25.2. The number of benzene rings is 3. The van der Waals surface area contributed by atoms with Crippen molar-refractivity contribution >= 4 is 23.0 Å². The van der Waals surface area contributed by atoms with Gasteiger partial charge >= 0.3 is 5.97 Å². The van der Waals surface area contributed by atoms with Crippen LogP contribution < -0.4 is 29.1 Å². The summed E-state index contributed by atoms with van der Waals surface area (Å²) >= 11 is 0. The van der Waals surface area contributed by atoms with Gasteiger partial charge < -0.3 is 28.1 Å². The predicted octanol–water partition coefficient (Wildman–Crippen LogP) is 5.54. The second kappa shape index (κ2) is 10.7. The fourth-order valence-electron chi connectivity index (χ4n) is 3.47. The van der Waals surface area contributed by atoms with Crippen molar-refractivity contribution in [2.45, 2.75) is 6.92 Å². The van der Waals surface area contributed by atoms with E-state index in [0.717, 1.165) is 5.56 Å². The molecular weight excluding hydrogens is 464 g/mol. The lowest BCUT2D eigenvalue weighted by atomic mass is 10.1. The number of aryl methyl sites for hydroxylation is 1. The van der Waals surface area contributed by atoms with E-state index in [-0.39, 0.29) is 22.5 Å². The number of hydrogen-bond acceptors (Lipinski definition) is 8. The molecule has 0 bridgehead atoms. The third-order valence-electron chi connectivity index (χ3n) is 5.28. The van der Waals surface area contributed by atoms with E-state index in [1.165, 1.54) is 51.9 Å². The Balaban J connectivity index is 1.50. The molecule has 0 aliphatic rings. The van der Waals surface area contributed by atoms with E-state index < -0.39 is 5.97 Å². The van der Waals surface area contributed by atoms with Gasteiger partial charge in [-0.2, -0.15) is 0 Å². The van der Waals surface area contributed by atoms with Crippen molar-refractivity contribution in [1.82, 2.24) is 0 Å². The monoisotopic (exact) mass is 488 g/mol. The molecule has 0 spiro atoms. The fourth-order valence-corrected chi connectivity index (χ4v) is 3.47. The summed E-state index contributed by atoms with van der Waals surface area (Å²) < 4.78 is 32.5. The van der Waals surface area contributed by atoms with E-state index in [4.69, 9.17) is 28.1 Å². The summed E-state index contributed by atoms with van der Waals surface area (Å²) in [6, 6.07) is 15.2. The van der Waals surface area contributed by atoms with E-state index >= 15 is 0 Å². The van der Waals surface area contributed by atoms with Gasteiger partial charge in [-0.05, 0) is 55.0 Å². The largest absolute Gasteiger partial charge is 0.493 e. The summed E-state index contributed by atoms with van der Waals surface area (Å²) in [6.45, 7) is 1.96. The molecule has 8 nitrogen and oxygen atoms in total. The minimum atomic E-state index is -0.621. The van der Waals surface area contributed by atoms with Crippen molar-refractivity contribution < 1.29 is 32.9 Å². The van der Waals surface area contributed by atoms with Gasteiger partial charge in [0.1, 0.15) is 23.3 Å². The molecule has 0 saturated heterocycles. The van der Waals surface area contributed by atoms with E-state index in [2.05, 4.69) is 0 Å². The number of rotatable bonds is 8. The molecule has 0 N–H and O–H groups in total. The molecule has 36 heavy (non-hydrogen) atoms. The summed E-state index contributed by atoms with van der Waals surface area (Å²) in [5.41, 5.74) is 1.65. The highest BCUT2D eigenvalue weighted by atomic mass is 16.5. The lowest BCUT2D eigenvalue weighted by Gasteiger charge is -2.12. The van der Waals surface area contributed by atoms with Gasteiger partial charge in [0.25, 0.3) is 0 Å². The number of carbonyl (C=O) groups is 1. The number of carbonyl (C=O) groups excluding carboxylic acids is 1. The van der Waals surface area contributed by atoms with Crippen LogP contribution in [0.1, 0.15) is 11.1 Å². The first kappa shape index (κ1) is 24.4. The maximum atomic E-state index is 12.8. The van der Waals surface area contributed by atoms with Crippen LogP contribution in [-0.2, 0) is 4.79 Å². The predicted molar refractivity (Wildman–Crippen MR) is 135 cm³/mol. The molecular formula is C28H24O8. The van der Waals surface area contributed by atoms with Crippen molar-refractivity contribution in [3.63, 3.8) is 0 Å². The lowest BCUT2D eigenvalue weighted by Crippen LogP contribution is -2.06. The molecule has 0 aliphatic heterocycles. The number of esters is 1. The zero-order valence-corrected chi connectivity index (χ0v) is 20.2. The van der Waals surface area contributed by atoms with Crippen LogP contribution in [0.25, 0.3) is 17.0 Å². The molecule has 4 aromatic rings. The Morgan fingerprint density at radius 3 is 2.14 bits per heavy atom. The molecule has 0 radical (unpaired) electrons. The first-order chi connectivity index (χ1) is 17.4. The smallest absolute Gasteiger partial charge is 0.336 e. The van der Waals surface area contributed by atoms with Gasteiger partial charge in [-0.25, -0.2) is 4.79 Å². The average molecular weight is 488 g/mol. The summed E-state index contributed by atoms with van der Waals surface area (Å²) in [6.07, 6.45) is 4.06. The van der Waals surface area contributed by atoms with Crippen molar-refractivity contribution in [3.8, 4) is 34.5 Å². The van der Waals surface area contributed by atoms with Gasteiger partial charge in [-0.15, -0.1) is 0 Å². The molecule has 0 amide bonds. The highest BCUT2D eigenvalue weighted by Gasteiger charge is 2.13. The highest BCUT2D eigenvalue weighted by molar-refractivity contribution is 5.89. The molecule has 0 atom stereocenters. The van der Waals surface area contributed by atoms with Gasteiger partial charge in [0.15, 0.2) is 11.5 Å². The van der Waals surface area contributed by atoms with Crippen molar-refractivity contribution in [3.05, 3.63) is 88.3 Å². The molecule has 8 heteroatoms. The second-order valence-corrected chi connectivity index (χ2v) is 7.72. The number of fused-ring (bicyclic) bond motifs is 1. The highest BCUT2D eigenvalue weighted by Crippen LogP contribution is 2.38. The topological polar surface area (TPSA) is 93.4 Å². The molecule has 3 aromatic carbocycles. The minimum Gasteiger partial charge on any atom is -0.493 e. The first-order valence-corrected chi connectivity index (χ1v) is 10.9. The van der Waals surface area contributed by atoms with Gasteiger partial charge in [0.05, 0.1) is 26.7 Å². The summed E-state index contributed by atoms with van der Waals surface area (Å²) in [7, 11) is 4.53. The van der Waals surface area contributed by atoms with Crippen molar-refractivity contribution in [2.75, 3.05) is 21.3 Å². The van der Waals surface area contributed by atoms with E-state index in [1.807, 2.05) is 19.1 Å². The maximum Gasteiger partial charge on any atom is 0.336 e. The Morgan fingerprint density at radius 1 is 0.833 bits per heavy atom. The quantitative estimate of drug-likeness (QED) is 0.181. The first-order valence-electron chi connectivity index (χ1n) is 10.9. The number of hydrogen-bond donors (Lipinski definition) is 0. The molecule has 1 heterocycles. The normalized spacial score (nSPS) is 10.9. The second-order valence-electron chi connectivity index (χ2n) is 7.72. The fraction of sp³-hybridized carbons (Fsp3) is 0.143. The number of ether oxygens (including phenoxy) is 5. The van der Waals surface area contributed by atoms with Crippen LogP contribution in [0, 0.1) is 6.92 Å². The third-order valence-corrected chi connectivity index (χ3v) is 5.28. The van der Waals surface area contributed by atoms with Crippen molar-refractivity contribution in [2.24, 2.45) is 0 Å². The van der Waals surface area contributed by atoms with Gasteiger partial charge in [-0.3, -0.25) is 4.79 Å². The van der Waals surface area contributed by atoms with Gasteiger partial charge in [-0.1, -0.05) is 17.7 Å². The minimum absolute atomic E-state index is 0.0596. The molecule has 4 rings (SSSR count).